The van der Waals surface area contributed by atoms with E-state index in [1.165, 1.54) is 6.08 Å². The number of hydrogen-bond acceptors (Lipinski definition) is 3. The Balaban J connectivity index is 2.24. The lowest BCUT2D eigenvalue weighted by Gasteiger charge is -2.11. The van der Waals surface area contributed by atoms with E-state index in [2.05, 4.69) is 4.99 Å². The number of hydrogen-bond donors (Lipinski definition) is 0. The van der Waals surface area contributed by atoms with Crippen LogP contribution in [0.4, 0.5) is 11.4 Å². The zero-order valence-corrected chi connectivity index (χ0v) is 11.0. The van der Waals surface area contributed by atoms with Crippen LogP contribution in [0.3, 0.4) is 0 Å². The van der Waals surface area contributed by atoms with Crippen LogP contribution in [0, 0.1) is 0 Å². The molecule has 1 aliphatic carbocycles. The van der Waals surface area contributed by atoms with Crippen molar-refractivity contribution >= 4 is 34.5 Å². The van der Waals surface area contributed by atoms with E-state index in [1.807, 2.05) is 43.3 Å². The standard InChI is InChI=1S/C14H13ClN2O/c1-17(2)12-6-3-10(4-7-12)16-11-5-8-14(18)13(15)9-11/h3-9H,1-2H3. The highest BCUT2D eigenvalue weighted by atomic mass is 35.5. The monoisotopic (exact) mass is 260 g/mol. The van der Waals surface area contributed by atoms with Gasteiger partial charge in [0.1, 0.15) is 0 Å². The third-order valence-electron chi connectivity index (χ3n) is 2.54. The second kappa shape index (κ2) is 5.19. The van der Waals surface area contributed by atoms with Crippen molar-refractivity contribution in [2.45, 2.75) is 0 Å². The number of anilines is 1. The Morgan fingerprint density at radius 1 is 1.11 bits per heavy atom. The molecular formula is C14H13ClN2O. The van der Waals surface area contributed by atoms with Gasteiger partial charge in [-0.05, 0) is 42.5 Å². The SMILES string of the molecule is CN(C)c1ccc(N=C2C=CC(=O)C(Cl)=C2)cc1. The molecular weight excluding hydrogens is 248 g/mol. The highest BCUT2D eigenvalue weighted by Crippen LogP contribution is 2.20. The van der Waals surface area contributed by atoms with Crippen LogP contribution in [0.5, 0.6) is 0 Å². The Kier molecular flexibility index (Phi) is 3.63. The molecule has 18 heavy (non-hydrogen) atoms. The minimum absolute atomic E-state index is 0.182. The normalized spacial score (nSPS) is 16.9. The maximum Gasteiger partial charge on any atom is 0.197 e. The number of rotatable bonds is 2. The average molecular weight is 261 g/mol. The molecule has 0 spiro atoms. The summed E-state index contributed by atoms with van der Waals surface area (Å²) in [7, 11) is 3.97. The topological polar surface area (TPSA) is 32.7 Å². The van der Waals surface area contributed by atoms with Crippen molar-refractivity contribution in [3.05, 3.63) is 47.5 Å². The summed E-state index contributed by atoms with van der Waals surface area (Å²) < 4.78 is 0. The van der Waals surface area contributed by atoms with Crippen LogP contribution in [0.25, 0.3) is 0 Å². The average Bonchev–Trinajstić information content (AvgIpc) is 2.34. The summed E-state index contributed by atoms with van der Waals surface area (Å²) in [6.07, 6.45) is 4.66. The summed E-state index contributed by atoms with van der Waals surface area (Å²) in [5.41, 5.74) is 2.62. The first-order valence-electron chi connectivity index (χ1n) is 5.52. The van der Waals surface area contributed by atoms with Gasteiger partial charge in [0.05, 0.1) is 16.4 Å². The van der Waals surface area contributed by atoms with Crippen LogP contribution in [0.2, 0.25) is 0 Å². The lowest BCUT2D eigenvalue weighted by molar-refractivity contribution is -0.110. The van der Waals surface area contributed by atoms with Crippen molar-refractivity contribution in [2.24, 2.45) is 4.99 Å². The molecule has 3 nitrogen and oxygen atoms in total. The van der Waals surface area contributed by atoms with E-state index in [0.717, 1.165) is 11.4 Å². The van der Waals surface area contributed by atoms with Crippen LogP contribution in [0.1, 0.15) is 0 Å². The smallest absolute Gasteiger partial charge is 0.197 e. The predicted molar refractivity (Wildman–Crippen MR) is 75.9 cm³/mol. The van der Waals surface area contributed by atoms with Gasteiger partial charge >= 0.3 is 0 Å². The Labute approximate surface area is 111 Å². The zero-order valence-electron chi connectivity index (χ0n) is 10.2. The Morgan fingerprint density at radius 2 is 1.78 bits per heavy atom. The molecule has 0 atom stereocenters. The van der Waals surface area contributed by atoms with Gasteiger partial charge in [0.25, 0.3) is 0 Å². The maximum atomic E-state index is 11.2. The van der Waals surface area contributed by atoms with Gasteiger partial charge in [0.15, 0.2) is 5.78 Å². The molecule has 0 saturated carbocycles. The molecule has 0 unspecified atom stereocenters. The Hall–Kier alpha value is -1.87. The van der Waals surface area contributed by atoms with E-state index >= 15 is 0 Å². The highest BCUT2D eigenvalue weighted by molar-refractivity contribution is 6.47. The van der Waals surface area contributed by atoms with E-state index in [9.17, 15) is 4.79 Å². The maximum absolute atomic E-state index is 11.2. The van der Waals surface area contributed by atoms with Crippen molar-refractivity contribution in [3.8, 4) is 0 Å². The fraction of sp³-hybridized carbons (Fsp3) is 0.143. The first-order chi connectivity index (χ1) is 8.56. The van der Waals surface area contributed by atoms with Gasteiger partial charge in [-0.3, -0.25) is 4.79 Å². The Morgan fingerprint density at radius 3 is 2.33 bits per heavy atom. The van der Waals surface area contributed by atoms with Gasteiger partial charge in [0.2, 0.25) is 0 Å². The molecule has 0 N–H and O–H groups in total. The van der Waals surface area contributed by atoms with Gasteiger partial charge in [-0.2, -0.15) is 0 Å². The summed E-state index contributed by atoms with van der Waals surface area (Å²) in [4.78, 5) is 17.6. The number of nitrogens with zero attached hydrogens (tertiary/aromatic N) is 2. The summed E-state index contributed by atoms with van der Waals surface area (Å²) in [6.45, 7) is 0. The molecule has 0 saturated heterocycles. The molecule has 0 amide bonds. The largest absolute Gasteiger partial charge is 0.378 e. The molecule has 1 aromatic carbocycles. The first-order valence-corrected chi connectivity index (χ1v) is 5.90. The van der Waals surface area contributed by atoms with Crippen molar-refractivity contribution in [1.82, 2.24) is 0 Å². The number of carbonyl (C=O) groups excluding carboxylic acids is 1. The van der Waals surface area contributed by atoms with Crippen molar-refractivity contribution in [2.75, 3.05) is 19.0 Å². The molecule has 92 valence electrons. The lowest BCUT2D eigenvalue weighted by atomic mass is 10.1. The van der Waals surface area contributed by atoms with Gasteiger partial charge in [-0.1, -0.05) is 11.6 Å². The molecule has 0 aliphatic heterocycles. The Bertz CT molecular complexity index is 554. The highest BCUT2D eigenvalue weighted by Gasteiger charge is 2.09. The van der Waals surface area contributed by atoms with Crippen LogP contribution in [-0.2, 0) is 4.79 Å². The predicted octanol–water partition coefficient (Wildman–Crippen LogP) is 3.09. The summed E-state index contributed by atoms with van der Waals surface area (Å²) in [5, 5.41) is 0.196. The third-order valence-corrected chi connectivity index (χ3v) is 2.84. The van der Waals surface area contributed by atoms with E-state index in [4.69, 9.17) is 11.6 Å². The molecule has 1 aliphatic rings. The minimum atomic E-state index is -0.182. The second-order valence-electron chi connectivity index (χ2n) is 4.14. The van der Waals surface area contributed by atoms with Crippen molar-refractivity contribution < 1.29 is 4.79 Å². The minimum Gasteiger partial charge on any atom is -0.378 e. The van der Waals surface area contributed by atoms with Gasteiger partial charge in [0, 0.05) is 19.8 Å². The van der Waals surface area contributed by atoms with E-state index < -0.39 is 0 Å². The molecule has 2 rings (SSSR count). The third kappa shape index (κ3) is 2.87. The van der Waals surface area contributed by atoms with Crippen LogP contribution < -0.4 is 4.90 Å². The van der Waals surface area contributed by atoms with Crippen LogP contribution >= 0.6 is 11.6 Å². The number of benzene rings is 1. The van der Waals surface area contributed by atoms with Gasteiger partial charge in [-0.15, -0.1) is 0 Å². The first kappa shape index (κ1) is 12.6. The fourth-order valence-corrected chi connectivity index (χ4v) is 1.71. The second-order valence-corrected chi connectivity index (χ2v) is 4.54. The number of aliphatic imine (C=N–C) groups is 1. The zero-order chi connectivity index (χ0) is 13.1. The van der Waals surface area contributed by atoms with E-state index in [1.54, 1.807) is 12.2 Å². The molecule has 4 heteroatoms. The summed E-state index contributed by atoms with van der Waals surface area (Å²) >= 11 is 5.77. The number of ketones is 1. The molecule has 0 aromatic heterocycles. The van der Waals surface area contributed by atoms with Crippen LogP contribution in [-0.4, -0.2) is 25.6 Å². The van der Waals surface area contributed by atoms with E-state index in [0.29, 0.717) is 5.71 Å². The number of allylic oxidation sites excluding steroid dienone is 4. The quantitative estimate of drug-likeness (QED) is 0.766. The van der Waals surface area contributed by atoms with Gasteiger partial charge in [-0.25, -0.2) is 4.99 Å². The van der Waals surface area contributed by atoms with E-state index in [-0.39, 0.29) is 10.8 Å². The van der Waals surface area contributed by atoms with Crippen molar-refractivity contribution in [3.63, 3.8) is 0 Å². The lowest BCUT2D eigenvalue weighted by Crippen LogP contribution is -2.07. The number of carbonyl (C=O) groups is 1. The molecule has 0 radical (unpaired) electrons. The number of halogens is 1. The molecule has 1 aromatic rings. The summed E-state index contributed by atoms with van der Waals surface area (Å²) in [6, 6.07) is 7.83. The van der Waals surface area contributed by atoms with Gasteiger partial charge < -0.3 is 4.90 Å². The molecule has 0 bridgehead atoms. The van der Waals surface area contributed by atoms with Crippen molar-refractivity contribution in [1.29, 1.82) is 0 Å². The molecule has 0 fully saturated rings. The van der Waals surface area contributed by atoms with Crippen LogP contribution in [0.15, 0.2) is 52.5 Å². The fourth-order valence-electron chi connectivity index (χ4n) is 1.53. The molecule has 0 heterocycles. The summed E-state index contributed by atoms with van der Waals surface area (Å²) in [5.74, 6) is -0.182.